The summed E-state index contributed by atoms with van der Waals surface area (Å²) in [4.78, 5) is 15.5. The van der Waals surface area contributed by atoms with Crippen LogP contribution in [0.25, 0.3) is 0 Å². The van der Waals surface area contributed by atoms with E-state index in [-0.39, 0.29) is 6.04 Å². The molecule has 6 heteroatoms. The van der Waals surface area contributed by atoms with Gasteiger partial charge in [0.25, 0.3) is 0 Å². The lowest BCUT2D eigenvalue weighted by Crippen LogP contribution is -2.47. The third-order valence-corrected chi connectivity index (χ3v) is 8.98. The molecule has 0 bridgehead atoms. The Morgan fingerprint density at radius 3 is 2.82 bits per heavy atom. The van der Waals surface area contributed by atoms with Gasteiger partial charge < -0.3 is 15.0 Å². The molecule has 1 aromatic heterocycles. The maximum Gasteiger partial charge on any atom is 0.223 e. The smallest absolute Gasteiger partial charge is 0.223 e. The van der Waals surface area contributed by atoms with Crippen LogP contribution in [-0.4, -0.2) is 53.3 Å². The summed E-state index contributed by atoms with van der Waals surface area (Å²) in [7, 11) is 1.73. The first kappa shape index (κ1) is 24.1. The van der Waals surface area contributed by atoms with Gasteiger partial charge in [-0.3, -0.25) is 9.89 Å². The zero-order valence-electron chi connectivity index (χ0n) is 21.4. The first-order valence-corrected chi connectivity index (χ1v) is 13.7. The summed E-state index contributed by atoms with van der Waals surface area (Å²) in [5.74, 6) is 1.40. The molecule has 1 saturated carbocycles. The molecule has 2 N–H and O–H groups in total. The Morgan fingerprint density at radius 1 is 1.21 bits per heavy atom. The topological polar surface area (TPSA) is 70.2 Å². The molecule has 4 unspecified atom stereocenters. The van der Waals surface area contributed by atoms with E-state index in [0.717, 1.165) is 25.7 Å². The summed E-state index contributed by atoms with van der Waals surface area (Å²) in [6, 6.07) is 0.873. The minimum Gasteiger partial charge on any atom is -0.383 e. The molecular formula is C28H44N4O2. The number of hydrogen-bond donors (Lipinski definition) is 2. The summed E-state index contributed by atoms with van der Waals surface area (Å²) in [5, 5.41) is 12.1. The normalized spacial score (nSPS) is 30.7. The standard InChI is InChI=1S/C28H44N4O2/c1-28(2)12-11-22-25(18-28)30-31-27(22)24-16-20-9-10-21(17-23(20)29-24)32(13-14-34-3)26(33)15-19-7-5-4-6-8-19/h9-10,19-21,23-24,29H,4-8,11-18H2,1-3H3,(H,30,31). The molecule has 1 saturated heterocycles. The fraction of sp³-hybridized carbons (Fsp3) is 0.786. The van der Waals surface area contributed by atoms with Gasteiger partial charge in [-0.15, -0.1) is 0 Å². The SMILES string of the molecule is COCCN(C(=O)CC1CCCCC1)C1C=CC2CC(c3n[nH]c4c3CCC(C)(C)C4)NC2C1. The van der Waals surface area contributed by atoms with Gasteiger partial charge in [0, 0.05) is 31.8 Å². The monoisotopic (exact) mass is 468 g/mol. The van der Waals surface area contributed by atoms with Crippen LogP contribution in [0.3, 0.4) is 0 Å². The molecule has 4 aliphatic rings. The molecule has 4 atom stereocenters. The number of amides is 1. The lowest BCUT2D eigenvalue weighted by atomic mass is 9.76. The van der Waals surface area contributed by atoms with Gasteiger partial charge in [0.2, 0.25) is 5.91 Å². The van der Waals surface area contributed by atoms with Gasteiger partial charge in [0.05, 0.1) is 24.4 Å². The van der Waals surface area contributed by atoms with E-state index in [1.165, 1.54) is 55.5 Å². The summed E-state index contributed by atoms with van der Waals surface area (Å²) in [6.45, 7) is 5.99. The summed E-state index contributed by atoms with van der Waals surface area (Å²) >= 11 is 0. The van der Waals surface area contributed by atoms with Gasteiger partial charge in [-0.05, 0) is 67.8 Å². The van der Waals surface area contributed by atoms with Crippen molar-refractivity contribution in [2.24, 2.45) is 17.3 Å². The van der Waals surface area contributed by atoms with E-state index in [4.69, 9.17) is 9.84 Å². The van der Waals surface area contributed by atoms with Gasteiger partial charge in [-0.1, -0.05) is 45.3 Å². The Bertz CT molecular complexity index is 885. The molecule has 5 rings (SSSR count). The van der Waals surface area contributed by atoms with Crippen molar-refractivity contribution in [3.63, 3.8) is 0 Å². The van der Waals surface area contributed by atoms with E-state index in [1.54, 1.807) is 7.11 Å². The van der Waals surface area contributed by atoms with Crippen molar-refractivity contribution in [2.45, 2.75) is 103 Å². The number of nitrogens with zero attached hydrogens (tertiary/aromatic N) is 2. The number of fused-ring (bicyclic) bond motifs is 2. The van der Waals surface area contributed by atoms with Crippen LogP contribution in [0.2, 0.25) is 0 Å². The number of H-pyrrole nitrogens is 1. The highest BCUT2D eigenvalue weighted by molar-refractivity contribution is 5.77. The summed E-state index contributed by atoms with van der Waals surface area (Å²) in [5.41, 5.74) is 4.41. The van der Waals surface area contributed by atoms with E-state index in [9.17, 15) is 4.79 Å². The lowest BCUT2D eigenvalue weighted by Gasteiger charge is -2.36. The second kappa shape index (κ2) is 10.1. The predicted octanol–water partition coefficient (Wildman–Crippen LogP) is 4.72. The average molecular weight is 469 g/mol. The Labute approximate surface area is 205 Å². The second-order valence-electron chi connectivity index (χ2n) is 12.1. The Balaban J connectivity index is 1.24. The molecular weight excluding hydrogens is 424 g/mol. The molecule has 0 aromatic carbocycles. The Hall–Kier alpha value is -1.66. The molecule has 3 aliphatic carbocycles. The van der Waals surface area contributed by atoms with Crippen molar-refractivity contribution in [1.29, 1.82) is 0 Å². The van der Waals surface area contributed by atoms with E-state index in [0.29, 0.717) is 54.8 Å². The van der Waals surface area contributed by atoms with Crippen molar-refractivity contribution in [2.75, 3.05) is 20.3 Å². The molecule has 6 nitrogen and oxygen atoms in total. The van der Waals surface area contributed by atoms with Crippen LogP contribution < -0.4 is 5.32 Å². The number of carbonyl (C=O) groups is 1. The van der Waals surface area contributed by atoms with Crippen LogP contribution in [0.1, 0.15) is 94.6 Å². The zero-order chi connectivity index (χ0) is 23.7. The van der Waals surface area contributed by atoms with Gasteiger partial charge in [0.15, 0.2) is 0 Å². The maximum atomic E-state index is 13.4. The minimum atomic E-state index is 0.160. The Morgan fingerprint density at radius 2 is 2.03 bits per heavy atom. The number of aromatic nitrogens is 2. The first-order chi connectivity index (χ1) is 16.4. The third-order valence-electron chi connectivity index (χ3n) is 8.98. The zero-order valence-corrected chi connectivity index (χ0v) is 21.4. The molecule has 0 radical (unpaired) electrons. The highest BCUT2D eigenvalue weighted by atomic mass is 16.5. The summed E-state index contributed by atoms with van der Waals surface area (Å²) in [6.07, 6.45) is 17.2. The molecule has 0 spiro atoms. The van der Waals surface area contributed by atoms with E-state index in [1.807, 2.05) is 0 Å². The van der Waals surface area contributed by atoms with Crippen molar-refractivity contribution < 1.29 is 9.53 Å². The molecule has 1 amide bonds. The third kappa shape index (κ3) is 5.13. The highest BCUT2D eigenvalue weighted by Crippen LogP contribution is 2.41. The van der Waals surface area contributed by atoms with E-state index >= 15 is 0 Å². The number of aromatic amines is 1. The van der Waals surface area contributed by atoms with E-state index < -0.39 is 0 Å². The number of ether oxygens (including phenoxy) is 1. The summed E-state index contributed by atoms with van der Waals surface area (Å²) < 4.78 is 5.38. The number of nitrogens with one attached hydrogen (secondary N) is 2. The van der Waals surface area contributed by atoms with Gasteiger partial charge in [-0.2, -0.15) is 5.10 Å². The number of rotatable bonds is 7. The van der Waals surface area contributed by atoms with Gasteiger partial charge >= 0.3 is 0 Å². The van der Waals surface area contributed by atoms with Crippen molar-refractivity contribution >= 4 is 5.91 Å². The quantitative estimate of drug-likeness (QED) is 0.568. The van der Waals surface area contributed by atoms with Crippen LogP contribution >= 0.6 is 0 Å². The van der Waals surface area contributed by atoms with Crippen molar-refractivity contribution in [3.05, 3.63) is 29.1 Å². The highest BCUT2D eigenvalue weighted by Gasteiger charge is 2.41. The number of carbonyl (C=O) groups excluding carboxylic acids is 1. The van der Waals surface area contributed by atoms with Crippen LogP contribution in [0.5, 0.6) is 0 Å². The van der Waals surface area contributed by atoms with Gasteiger partial charge in [-0.25, -0.2) is 0 Å². The van der Waals surface area contributed by atoms with Crippen LogP contribution in [-0.2, 0) is 22.4 Å². The maximum absolute atomic E-state index is 13.4. The minimum absolute atomic E-state index is 0.160. The van der Waals surface area contributed by atoms with Crippen molar-refractivity contribution in [3.8, 4) is 0 Å². The first-order valence-electron chi connectivity index (χ1n) is 13.7. The van der Waals surface area contributed by atoms with Gasteiger partial charge in [0.1, 0.15) is 0 Å². The van der Waals surface area contributed by atoms with E-state index in [2.05, 4.69) is 41.3 Å². The predicted molar refractivity (Wildman–Crippen MR) is 134 cm³/mol. The molecule has 2 fully saturated rings. The number of hydrogen-bond acceptors (Lipinski definition) is 4. The Kier molecular flexibility index (Phi) is 7.17. The van der Waals surface area contributed by atoms with Crippen LogP contribution in [0.15, 0.2) is 12.2 Å². The molecule has 1 aromatic rings. The molecule has 1 aliphatic heterocycles. The van der Waals surface area contributed by atoms with Crippen LogP contribution in [0, 0.1) is 17.3 Å². The molecule has 2 heterocycles. The fourth-order valence-electron chi connectivity index (χ4n) is 6.95. The second-order valence-corrected chi connectivity index (χ2v) is 12.1. The fourth-order valence-corrected chi connectivity index (χ4v) is 6.95. The largest absolute Gasteiger partial charge is 0.383 e. The van der Waals surface area contributed by atoms with Crippen LogP contribution in [0.4, 0.5) is 0 Å². The molecule has 188 valence electrons. The molecule has 34 heavy (non-hydrogen) atoms. The average Bonchev–Trinajstić information content (AvgIpc) is 3.42. The lowest BCUT2D eigenvalue weighted by molar-refractivity contribution is -0.135. The number of methoxy groups -OCH3 is 1. The van der Waals surface area contributed by atoms with Crippen molar-refractivity contribution in [1.82, 2.24) is 20.4 Å².